The first-order valence-electron chi connectivity index (χ1n) is 4.33. The molecule has 12 heavy (non-hydrogen) atoms. The van der Waals surface area contributed by atoms with Gasteiger partial charge in [0, 0.05) is 18.2 Å². The van der Waals surface area contributed by atoms with Crippen LogP contribution in [0.4, 0.5) is 0 Å². The summed E-state index contributed by atoms with van der Waals surface area (Å²) in [6.45, 7) is 2.76. The molecular weight excluding hydrogens is 148 g/mol. The molecule has 64 valence electrons. The first kappa shape index (κ1) is 7.62. The predicted octanol–water partition coefficient (Wildman–Crippen LogP) is 0.933. The topological polar surface area (TPSA) is 38.0 Å². The summed E-state index contributed by atoms with van der Waals surface area (Å²) in [6, 6.07) is 0.452. The van der Waals surface area contributed by atoms with Crippen molar-refractivity contribution >= 4 is 0 Å². The van der Waals surface area contributed by atoms with E-state index in [9.17, 15) is 0 Å². The Labute approximate surface area is 72.8 Å². The summed E-state index contributed by atoms with van der Waals surface area (Å²) < 4.78 is 0. The van der Waals surface area contributed by atoms with Crippen molar-refractivity contribution in [2.24, 2.45) is 11.7 Å². The minimum atomic E-state index is 0.452. The van der Waals surface area contributed by atoms with Crippen LogP contribution in [-0.2, 0) is 0 Å². The molecule has 1 heterocycles. The summed E-state index contributed by atoms with van der Waals surface area (Å²) in [6.07, 6.45) is 8.66. The normalized spacial score (nSPS) is 32.2. The Morgan fingerprint density at radius 2 is 2.42 bits per heavy atom. The van der Waals surface area contributed by atoms with Crippen LogP contribution in [0.1, 0.15) is 6.92 Å². The molecule has 2 aliphatic rings. The molecule has 2 heteroatoms. The van der Waals surface area contributed by atoms with Gasteiger partial charge in [0.2, 0.25) is 0 Å². The van der Waals surface area contributed by atoms with Crippen LogP contribution in [0.15, 0.2) is 35.6 Å². The maximum absolute atomic E-state index is 5.65. The first-order valence-corrected chi connectivity index (χ1v) is 4.33. The lowest BCUT2D eigenvalue weighted by Gasteiger charge is -2.21. The Bertz CT molecular complexity index is 274. The third kappa shape index (κ3) is 1.08. The Morgan fingerprint density at radius 3 is 3.17 bits per heavy atom. The number of fused-ring (bicyclic) bond motifs is 1. The second kappa shape index (κ2) is 2.79. The number of hydrogen-bond acceptors (Lipinski definition) is 2. The van der Waals surface area contributed by atoms with Crippen molar-refractivity contribution in [2.45, 2.75) is 13.0 Å². The molecule has 0 radical (unpaired) electrons. The van der Waals surface area contributed by atoms with Gasteiger partial charge in [0.05, 0.1) is 6.04 Å². The van der Waals surface area contributed by atoms with Crippen molar-refractivity contribution in [1.82, 2.24) is 5.32 Å². The van der Waals surface area contributed by atoms with Crippen molar-refractivity contribution in [3.63, 3.8) is 0 Å². The monoisotopic (exact) mass is 162 g/mol. The highest BCUT2D eigenvalue weighted by Gasteiger charge is 2.26. The molecule has 0 aromatic heterocycles. The molecule has 0 amide bonds. The van der Waals surface area contributed by atoms with Gasteiger partial charge >= 0.3 is 0 Å². The van der Waals surface area contributed by atoms with Gasteiger partial charge in [-0.1, -0.05) is 24.3 Å². The summed E-state index contributed by atoms with van der Waals surface area (Å²) >= 11 is 0. The number of allylic oxidation sites excluding steroid dienone is 3. The lowest BCUT2D eigenvalue weighted by Crippen LogP contribution is -2.30. The minimum absolute atomic E-state index is 0.452. The molecule has 2 atom stereocenters. The van der Waals surface area contributed by atoms with Crippen LogP contribution in [0.5, 0.6) is 0 Å². The van der Waals surface area contributed by atoms with E-state index < -0.39 is 0 Å². The fourth-order valence-corrected chi connectivity index (χ4v) is 1.89. The highest BCUT2D eigenvalue weighted by atomic mass is 15.0. The molecule has 0 saturated heterocycles. The smallest absolute Gasteiger partial charge is 0.0545 e. The summed E-state index contributed by atoms with van der Waals surface area (Å²) in [4.78, 5) is 0. The van der Waals surface area contributed by atoms with Crippen molar-refractivity contribution < 1.29 is 0 Å². The van der Waals surface area contributed by atoms with E-state index in [-0.39, 0.29) is 0 Å². The second-order valence-electron chi connectivity index (χ2n) is 3.38. The van der Waals surface area contributed by atoms with Crippen LogP contribution < -0.4 is 11.1 Å². The Balaban J connectivity index is 2.27. The molecule has 0 saturated carbocycles. The second-order valence-corrected chi connectivity index (χ2v) is 3.38. The van der Waals surface area contributed by atoms with Crippen molar-refractivity contribution in [1.29, 1.82) is 0 Å². The summed E-state index contributed by atoms with van der Waals surface area (Å²) in [5, 5.41) is 3.40. The standard InChI is InChI=1S/C10H14N2/c1-7-5-9-8(6-11)3-2-4-10(9)12-7/h2-5,9-10,12H,6,11H2,1H3. The van der Waals surface area contributed by atoms with Crippen molar-refractivity contribution in [3.05, 3.63) is 35.6 Å². The fourth-order valence-electron chi connectivity index (χ4n) is 1.89. The van der Waals surface area contributed by atoms with Crippen LogP contribution in [0, 0.1) is 5.92 Å². The zero-order valence-electron chi connectivity index (χ0n) is 7.25. The number of nitrogens with two attached hydrogens (primary N) is 1. The molecule has 2 unspecified atom stereocenters. The van der Waals surface area contributed by atoms with Gasteiger partial charge in [-0.05, 0) is 12.5 Å². The van der Waals surface area contributed by atoms with E-state index >= 15 is 0 Å². The number of hydrogen-bond donors (Lipinski definition) is 2. The van der Waals surface area contributed by atoms with E-state index in [1.807, 2.05) is 0 Å². The molecule has 0 fully saturated rings. The minimum Gasteiger partial charge on any atom is -0.382 e. The van der Waals surface area contributed by atoms with Crippen LogP contribution in [0.3, 0.4) is 0 Å². The van der Waals surface area contributed by atoms with Gasteiger partial charge in [-0.2, -0.15) is 0 Å². The molecule has 1 aliphatic carbocycles. The van der Waals surface area contributed by atoms with Crippen LogP contribution >= 0.6 is 0 Å². The van der Waals surface area contributed by atoms with Gasteiger partial charge in [0.15, 0.2) is 0 Å². The third-order valence-corrected chi connectivity index (χ3v) is 2.50. The summed E-state index contributed by atoms with van der Waals surface area (Å²) in [7, 11) is 0. The fraction of sp³-hybridized carbons (Fsp3) is 0.400. The molecular formula is C10H14N2. The lowest BCUT2D eigenvalue weighted by atomic mass is 9.89. The van der Waals surface area contributed by atoms with Gasteiger partial charge in [0.1, 0.15) is 0 Å². The Hall–Kier alpha value is -1.02. The molecule has 0 aromatic carbocycles. The highest BCUT2D eigenvalue weighted by Crippen LogP contribution is 2.27. The maximum Gasteiger partial charge on any atom is 0.0545 e. The van der Waals surface area contributed by atoms with E-state index in [1.165, 1.54) is 11.3 Å². The average Bonchev–Trinajstić information content (AvgIpc) is 2.44. The van der Waals surface area contributed by atoms with E-state index in [2.05, 4.69) is 36.5 Å². The van der Waals surface area contributed by atoms with Gasteiger partial charge in [-0.15, -0.1) is 0 Å². The molecule has 0 spiro atoms. The SMILES string of the molecule is CC1=CC2C(CN)=CC=CC2N1. The zero-order chi connectivity index (χ0) is 8.55. The molecule has 1 aliphatic heterocycles. The summed E-state index contributed by atoms with van der Waals surface area (Å²) in [5.74, 6) is 0.500. The third-order valence-electron chi connectivity index (χ3n) is 2.50. The maximum atomic E-state index is 5.65. The van der Waals surface area contributed by atoms with Gasteiger partial charge < -0.3 is 11.1 Å². The van der Waals surface area contributed by atoms with E-state index in [0.717, 1.165) is 0 Å². The van der Waals surface area contributed by atoms with Crippen molar-refractivity contribution in [2.75, 3.05) is 6.54 Å². The molecule has 2 nitrogen and oxygen atoms in total. The van der Waals surface area contributed by atoms with Crippen molar-refractivity contribution in [3.8, 4) is 0 Å². The van der Waals surface area contributed by atoms with E-state index in [4.69, 9.17) is 5.73 Å². The van der Waals surface area contributed by atoms with Crippen LogP contribution in [0.25, 0.3) is 0 Å². The number of nitrogens with one attached hydrogen (secondary N) is 1. The molecule has 3 N–H and O–H groups in total. The highest BCUT2D eigenvalue weighted by molar-refractivity contribution is 5.35. The number of rotatable bonds is 1. The molecule has 0 bridgehead atoms. The summed E-state index contributed by atoms with van der Waals surface area (Å²) in [5.41, 5.74) is 8.23. The average molecular weight is 162 g/mol. The molecule has 2 rings (SSSR count). The lowest BCUT2D eigenvalue weighted by molar-refractivity contribution is 0.604. The zero-order valence-corrected chi connectivity index (χ0v) is 7.25. The van der Waals surface area contributed by atoms with Crippen LogP contribution in [-0.4, -0.2) is 12.6 Å². The molecule has 0 aromatic rings. The van der Waals surface area contributed by atoms with Gasteiger partial charge in [-0.25, -0.2) is 0 Å². The van der Waals surface area contributed by atoms with Gasteiger partial charge in [0.25, 0.3) is 0 Å². The predicted molar refractivity (Wildman–Crippen MR) is 50.4 cm³/mol. The Morgan fingerprint density at radius 1 is 1.58 bits per heavy atom. The first-order chi connectivity index (χ1) is 5.81. The van der Waals surface area contributed by atoms with E-state index in [0.29, 0.717) is 18.5 Å². The largest absolute Gasteiger partial charge is 0.382 e. The quantitative estimate of drug-likeness (QED) is 0.602. The van der Waals surface area contributed by atoms with Crippen LogP contribution in [0.2, 0.25) is 0 Å². The van der Waals surface area contributed by atoms with Gasteiger partial charge in [-0.3, -0.25) is 0 Å². The Kier molecular flexibility index (Phi) is 1.77. The van der Waals surface area contributed by atoms with E-state index in [1.54, 1.807) is 0 Å².